The van der Waals surface area contributed by atoms with Crippen LogP contribution in [0.3, 0.4) is 0 Å². The summed E-state index contributed by atoms with van der Waals surface area (Å²) in [4.78, 5) is 12.1. The number of hydrogen-bond donors (Lipinski definition) is 1. The summed E-state index contributed by atoms with van der Waals surface area (Å²) in [7, 11) is 0. The molecule has 0 aliphatic carbocycles. The Balaban J connectivity index is 2.64. The molecule has 0 bridgehead atoms. The lowest BCUT2D eigenvalue weighted by Crippen LogP contribution is -2.56. The van der Waals surface area contributed by atoms with Crippen molar-refractivity contribution in [2.75, 3.05) is 13.2 Å². The van der Waals surface area contributed by atoms with Gasteiger partial charge in [0, 0.05) is 12.0 Å². The predicted molar refractivity (Wildman–Crippen MR) is 66.5 cm³/mol. The second-order valence-electron chi connectivity index (χ2n) is 5.54. The normalized spacial score (nSPS) is 26.2. The Labute approximate surface area is 103 Å². The van der Waals surface area contributed by atoms with Crippen LogP contribution >= 0.6 is 0 Å². The third-order valence-electron chi connectivity index (χ3n) is 2.79. The molecule has 17 heavy (non-hydrogen) atoms. The fourth-order valence-corrected chi connectivity index (χ4v) is 1.71. The first-order chi connectivity index (χ1) is 7.78. The van der Waals surface area contributed by atoms with Gasteiger partial charge in [0.25, 0.3) is 0 Å². The molecule has 1 rings (SSSR count). The molecule has 1 unspecified atom stereocenters. The Morgan fingerprint density at radius 2 is 2.12 bits per heavy atom. The van der Waals surface area contributed by atoms with Crippen LogP contribution in [0.1, 0.15) is 34.1 Å². The van der Waals surface area contributed by atoms with Gasteiger partial charge in [-0.1, -0.05) is 19.9 Å². The van der Waals surface area contributed by atoms with Crippen molar-refractivity contribution in [3.8, 4) is 0 Å². The number of amides is 1. The quantitative estimate of drug-likeness (QED) is 0.603. The summed E-state index contributed by atoms with van der Waals surface area (Å²) in [6, 6.07) is 0. The van der Waals surface area contributed by atoms with E-state index in [1.165, 1.54) is 0 Å². The van der Waals surface area contributed by atoms with E-state index in [4.69, 9.17) is 9.47 Å². The van der Waals surface area contributed by atoms with Gasteiger partial charge < -0.3 is 14.8 Å². The van der Waals surface area contributed by atoms with Gasteiger partial charge in [0.1, 0.15) is 6.10 Å². The minimum Gasteiger partial charge on any atom is -0.354 e. The van der Waals surface area contributed by atoms with E-state index in [1.807, 2.05) is 27.7 Å². The summed E-state index contributed by atoms with van der Waals surface area (Å²) in [5.74, 6) is -0.774. The van der Waals surface area contributed by atoms with Gasteiger partial charge in [0.05, 0.1) is 6.61 Å². The molecule has 1 aliphatic heterocycles. The fourth-order valence-electron chi connectivity index (χ4n) is 1.71. The molecule has 1 aliphatic rings. The SMILES string of the molecule is C=CCCNC(=O)C1OC(C)(C)OCC1(C)C. The highest BCUT2D eigenvalue weighted by atomic mass is 16.7. The molecule has 0 saturated carbocycles. The lowest BCUT2D eigenvalue weighted by Gasteiger charge is -2.44. The zero-order valence-electron chi connectivity index (χ0n) is 11.2. The van der Waals surface area contributed by atoms with E-state index >= 15 is 0 Å². The number of rotatable bonds is 4. The lowest BCUT2D eigenvalue weighted by atomic mass is 9.85. The summed E-state index contributed by atoms with van der Waals surface area (Å²) < 4.78 is 11.3. The van der Waals surface area contributed by atoms with Crippen LogP contribution < -0.4 is 5.32 Å². The maximum atomic E-state index is 12.1. The lowest BCUT2D eigenvalue weighted by molar-refractivity contribution is -0.304. The molecule has 0 spiro atoms. The standard InChI is InChI=1S/C13H23NO3/c1-6-7-8-14-11(15)10-12(2,3)9-16-13(4,5)17-10/h6,10H,1,7-9H2,2-5H3,(H,14,15). The van der Waals surface area contributed by atoms with Gasteiger partial charge in [0.15, 0.2) is 5.79 Å². The van der Waals surface area contributed by atoms with E-state index in [2.05, 4.69) is 11.9 Å². The van der Waals surface area contributed by atoms with Crippen LogP contribution in [0.15, 0.2) is 12.7 Å². The largest absolute Gasteiger partial charge is 0.354 e. The first-order valence-corrected chi connectivity index (χ1v) is 5.99. The van der Waals surface area contributed by atoms with Crippen LogP contribution in [0.5, 0.6) is 0 Å². The van der Waals surface area contributed by atoms with Crippen molar-refractivity contribution in [3.63, 3.8) is 0 Å². The highest BCUT2D eigenvalue weighted by molar-refractivity contribution is 5.81. The molecule has 0 aromatic rings. The maximum absolute atomic E-state index is 12.1. The third kappa shape index (κ3) is 3.82. The van der Waals surface area contributed by atoms with E-state index in [1.54, 1.807) is 6.08 Å². The van der Waals surface area contributed by atoms with Crippen LogP contribution in [-0.4, -0.2) is 30.9 Å². The van der Waals surface area contributed by atoms with Crippen LogP contribution in [-0.2, 0) is 14.3 Å². The van der Waals surface area contributed by atoms with Crippen LogP contribution in [0.4, 0.5) is 0 Å². The van der Waals surface area contributed by atoms with Gasteiger partial charge >= 0.3 is 0 Å². The smallest absolute Gasteiger partial charge is 0.249 e. The van der Waals surface area contributed by atoms with E-state index < -0.39 is 11.9 Å². The zero-order valence-corrected chi connectivity index (χ0v) is 11.2. The Morgan fingerprint density at radius 3 is 2.71 bits per heavy atom. The molecule has 1 fully saturated rings. The molecule has 1 N–H and O–H groups in total. The number of ether oxygens (including phenoxy) is 2. The molecule has 4 heteroatoms. The number of nitrogens with one attached hydrogen (secondary N) is 1. The monoisotopic (exact) mass is 241 g/mol. The van der Waals surface area contributed by atoms with E-state index in [0.717, 1.165) is 6.42 Å². The van der Waals surface area contributed by atoms with Crippen molar-refractivity contribution in [1.29, 1.82) is 0 Å². The van der Waals surface area contributed by atoms with Crippen molar-refractivity contribution in [2.24, 2.45) is 5.41 Å². The number of hydrogen-bond acceptors (Lipinski definition) is 3. The fraction of sp³-hybridized carbons (Fsp3) is 0.769. The van der Waals surface area contributed by atoms with Crippen molar-refractivity contribution < 1.29 is 14.3 Å². The summed E-state index contributed by atoms with van der Waals surface area (Å²) in [5.41, 5.74) is -0.312. The molecule has 1 saturated heterocycles. The van der Waals surface area contributed by atoms with Crippen molar-refractivity contribution in [3.05, 3.63) is 12.7 Å². The van der Waals surface area contributed by atoms with Crippen LogP contribution in [0.25, 0.3) is 0 Å². The van der Waals surface area contributed by atoms with Gasteiger partial charge in [-0.3, -0.25) is 4.79 Å². The van der Waals surface area contributed by atoms with Crippen molar-refractivity contribution in [2.45, 2.75) is 46.0 Å². The average Bonchev–Trinajstić information content (AvgIpc) is 2.22. The Morgan fingerprint density at radius 1 is 1.47 bits per heavy atom. The summed E-state index contributed by atoms with van der Waals surface area (Å²) in [6.07, 6.45) is 2.06. The Hall–Kier alpha value is -0.870. The molecule has 1 heterocycles. The van der Waals surface area contributed by atoms with Gasteiger partial charge in [-0.25, -0.2) is 0 Å². The maximum Gasteiger partial charge on any atom is 0.249 e. The van der Waals surface area contributed by atoms with Gasteiger partial charge in [-0.05, 0) is 20.3 Å². The number of carbonyl (C=O) groups is 1. The molecule has 0 aromatic heterocycles. The summed E-state index contributed by atoms with van der Waals surface area (Å²) in [5, 5.41) is 2.86. The van der Waals surface area contributed by atoms with Crippen molar-refractivity contribution in [1.82, 2.24) is 5.32 Å². The second kappa shape index (κ2) is 5.19. The van der Waals surface area contributed by atoms with E-state index in [9.17, 15) is 4.79 Å². The molecule has 1 atom stereocenters. The topological polar surface area (TPSA) is 47.6 Å². The molecule has 4 nitrogen and oxygen atoms in total. The minimum atomic E-state index is -0.698. The van der Waals surface area contributed by atoms with Crippen LogP contribution in [0.2, 0.25) is 0 Å². The molecule has 0 aromatic carbocycles. The van der Waals surface area contributed by atoms with Gasteiger partial charge in [-0.2, -0.15) is 0 Å². The molecular weight excluding hydrogens is 218 g/mol. The first kappa shape index (κ1) is 14.2. The predicted octanol–water partition coefficient (Wildman–Crippen LogP) is 1.86. The molecular formula is C13H23NO3. The van der Waals surface area contributed by atoms with E-state index in [0.29, 0.717) is 13.2 Å². The third-order valence-corrected chi connectivity index (χ3v) is 2.79. The highest BCUT2D eigenvalue weighted by Gasteiger charge is 2.45. The first-order valence-electron chi connectivity index (χ1n) is 5.99. The van der Waals surface area contributed by atoms with E-state index in [-0.39, 0.29) is 11.3 Å². The molecule has 98 valence electrons. The van der Waals surface area contributed by atoms with Crippen molar-refractivity contribution >= 4 is 5.91 Å². The Kier molecular flexibility index (Phi) is 4.33. The van der Waals surface area contributed by atoms with Gasteiger partial charge in [0.2, 0.25) is 5.91 Å². The molecule has 1 amide bonds. The van der Waals surface area contributed by atoms with Gasteiger partial charge in [-0.15, -0.1) is 6.58 Å². The highest BCUT2D eigenvalue weighted by Crippen LogP contribution is 2.34. The number of carbonyl (C=O) groups excluding carboxylic acids is 1. The summed E-state index contributed by atoms with van der Waals surface area (Å²) in [6.45, 7) is 12.3. The minimum absolute atomic E-state index is 0.0757. The summed E-state index contributed by atoms with van der Waals surface area (Å²) >= 11 is 0. The second-order valence-corrected chi connectivity index (χ2v) is 5.54. The zero-order chi connectivity index (χ0) is 13.1. The average molecular weight is 241 g/mol. The molecule has 0 radical (unpaired) electrons. The Bertz CT molecular complexity index is 297. The van der Waals surface area contributed by atoms with Crippen LogP contribution in [0, 0.1) is 5.41 Å².